The van der Waals surface area contributed by atoms with Gasteiger partial charge in [0.05, 0.1) is 10.7 Å². The topological polar surface area (TPSA) is 19.4 Å². The molecule has 2 aliphatic heterocycles. The number of piperidine rings is 1. The van der Waals surface area contributed by atoms with Gasteiger partial charge in [-0.05, 0) is 33.2 Å². The minimum Gasteiger partial charge on any atom is -0.295 e. The molecule has 0 amide bonds. The van der Waals surface area contributed by atoms with Crippen LogP contribution in [0.2, 0.25) is 0 Å². The van der Waals surface area contributed by atoms with E-state index in [0.717, 1.165) is 18.6 Å². The van der Waals surface area contributed by atoms with Gasteiger partial charge >= 0.3 is 0 Å². The Kier molecular flexibility index (Phi) is 3.68. The maximum Gasteiger partial charge on any atom is 0.0897 e. The van der Waals surface area contributed by atoms with Crippen LogP contribution in [0.4, 0.5) is 0 Å². The number of thiazole rings is 1. The summed E-state index contributed by atoms with van der Waals surface area (Å²) in [6.07, 6.45) is 4.21. The summed E-state index contributed by atoms with van der Waals surface area (Å²) in [4.78, 5) is 9.80. The first-order chi connectivity index (χ1) is 8.72. The van der Waals surface area contributed by atoms with Crippen LogP contribution in [0.15, 0.2) is 5.38 Å². The molecule has 3 nitrogen and oxygen atoms in total. The fourth-order valence-corrected chi connectivity index (χ4v) is 3.86. The molecule has 0 radical (unpaired) electrons. The number of likely N-dealkylation sites (tertiary alicyclic amines) is 2. The number of aromatic nitrogens is 1. The normalized spacial score (nSPS) is 27.3. The van der Waals surface area contributed by atoms with Crippen LogP contribution in [0.25, 0.3) is 0 Å². The Labute approximate surface area is 114 Å². The van der Waals surface area contributed by atoms with E-state index in [9.17, 15) is 0 Å². The molecule has 1 aromatic rings. The molecule has 0 spiro atoms. The molecule has 2 aliphatic rings. The van der Waals surface area contributed by atoms with Crippen LogP contribution in [0.1, 0.15) is 36.9 Å². The van der Waals surface area contributed by atoms with Crippen LogP contribution < -0.4 is 0 Å². The van der Waals surface area contributed by atoms with Crippen molar-refractivity contribution >= 4 is 11.3 Å². The lowest BCUT2D eigenvalue weighted by Crippen LogP contribution is -2.61. The van der Waals surface area contributed by atoms with E-state index < -0.39 is 0 Å². The molecule has 4 heteroatoms. The first-order valence-corrected chi connectivity index (χ1v) is 7.99. The highest BCUT2D eigenvalue weighted by Gasteiger charge is 2.34. The second kappa shape index (κ2) is 5.27. The molecule has 0 N–H and O–H groups in total. The maximum atomic E-state index is 4.55. The Hall–Kier alpha value is -0.450. The maximum absolute atomic E-state index is 4.55. The van der Waals surface area contributed by atoms with E-state index in [-0.39, 0.29) is 0 Å². The molecule has 0 unspecified atom stereocenters. The predicted molar refractivity (Wildman–Crippen MR) is 75.9 cm³/mol. The van der Waals surface area contributed by atoms with Gasteiger partial charge in [-0.25, -0.2) is 4.98 Å². The standard InChI is InChI=1S/C14H23N3S/c1-11-5-3-4-6-17(11)14-8-16(9-14)7-13-10-18-12(2)15-13/h10-11,14H,3-9H2,1-2H3/t11-/m1/s1. The monoisotopic (exact) mass is 265 g/mol. The van der Waals surface area contributed by atoms with Crippen molar-refractivity contribution in [2.75, 3.05) is 19.6 Å². The van der Waals surface area contributed by atoms with Gasteiger partial charge in [-0.3, -0.25) is 9.80 Å². The minimum absolute atomic E-state index is 0.799. The van der Waals surface area contributed by atoms with Gasteiger partial charge in [0.1, 0.15) is 0 Å². The van der Waals surface area contributed by atoms with Crippen LogP contribution in [0.3, 0.4) is 0 Å². The Morgan fingerprint density at radius 1 is 1.39 bits per heavy atom. The zero-order chi connectivity index (χ0) is 12.5. The van der Waals surface area contributed by atoms with Crippen LogP contribution in [-0.4, -0.2) is 46.5 Å². The SMILES string of the molecule is Cc1nc(CN2CC(N3CCCC[C@H]3C)C2)cs1. The van der Waals surface area contributed by atoms with E-state index in [1.165, 1.54) is 49.6 Å². The van der Waals surface area contributed by atoms with Gasteiger partial charge < -0.3 is 0 Å². The highest BCUT2D eigenvalue weighted by atomic mass is 32.1. The van der Waals surface area contributed by atoms with E-state index in [1.807, 2.05) is 0 Å². The van der Waals surface area contributed by atoms with Gasteiger partial charge in [-0.15, -0.1) is 11.3 Å². The predicted octanol–water partition coefficient (Wildman–Crippen LogP) is 2.51. The van der Waals surface area contributed by atoms with Crippen molar-refractivity contribution in [3.05, 3.63) is 16.1 Å². The molecule has 18 heavy (non-hydrogen) atoms. The molecule has 3 rings (SSSR count). The summed E-state index contributed by atoms with van der Waals surface area (Å²) in [5.74, 6) is 0. The van der Waals surface area contributed by atoms with Crippen molar-refractivity contribution in [1.82, 2.24) is 14.8 Å². The third-order valence-electron chi connectivity index (χ3n) is 4.31. The summed E-state index contributed by atoms with van der Waals surface area (Å²) >= 11 is 1.76. The molecule has 2 saturated heterocycles. The van der Waals surface area contributed by atoms with Gasteiger partial charge in [0, 0.05) is 37.1 Å². The molecule has 2 fully saturated rings. The minimum atomic E-state index is 0.799. The van der Waals surface area contributed by atoms with E-state index in [1.54, 1.807) is 11.3 Å². The van der Waals surface area contributed by atoms with Gasteiger partial charge in [0.15, 0.2) is 0 Å². The lowest BCUT2D eigenvalue weighted by Gasteiger charge is -2.49. The molecule has 100 valence electrons. The molecule has 3 heterocycles. The summed E-state index contributed by atoms with van der Waals surface area (Å²) in [5.41, 5.74) is 1.25. The molecular weight excluding hydrogens is 242 g/mol. The number of hydrogen-bond acceptors (Lipinski definition) is 4. The molecule has 0 aromatic carbocycles. The van der Waals surface area contributed by atoms with Crippen molar-refractivity contribution in [3.8, 4) is 0 Å². The van der Waals surface area contributed by atoms with Crippen molar-refractivity contribution in [1.29, 1.82) is 0 Å². The summed E-state index contributed by atoms with van der Waals surface area (Å²) in [5, 5.41) is 3.39. The van der Waals surface area contributed by atoms with Crippen molar-refractivity contribution < 1.29 is 0 Å². The lowest BCUT2D eigenvalue weighted by atomic mass is 9.97. The quantitative estimate of drug-likeness (QED) is 0.837. The Morgan fingerprint density at radius 2 is 2.22 bits per heavy atom. The fraction of sp³-hybridized carbons (Fsp3) is 0.786. The third-order valence-corrected chi connectivity index (χ3v) is 5.14. The van der Waals surface area contributed by atoms with Crippen LogP contribution in [-0.2, 0) is 6.54 Å². The van der Waals surface area contributed by atoms with Crippen molar-refractivity contribution in [2.45, 2.75) is 51.7 Å². The number of rotatable bonds is 3. The van der Waals surface area contributed by atoms with Crippen molar-refractivity contribution in [2.24, 2.45) is 0 Å². The fourth-order valence-electron chi connectivity index (χ4n) is 3.25. The van der Waals surface area contributed by atoms with E-state index >= 15 is 0 Å². The van der Waals surface area contributed by atoms with Crippen LogP contribution >= 0.6 is 11.3 Å². The second-order valence-corrected chi connectivity index (χ2v) is 6.85. The summed E-state index contributed by atoms with van der Waals surface area (Å²) in [6, 6.07) is 1.60. The largest absolute Gasteiger partial charge is 0.295 e. The first-order valence-electron chi connectivity index (χ1n) is 7.11. The average Bonchev–Trinajstić information content (AvgIpc) is 2.70. The zero-order valence-electron chi connectivity index (χ0n) is 11.4. The average molecular weight is 265 g/mol. The molecule has 0 saturated carbocycles. The summed E-state index contributed by atoms with van der Waals surface area (Å²) in [7, 11) is 0. The highest BCUT2D eigenvalue weighted by Crippen LogP contribution is 2.25. The molecular formula is C14H23N3S. The lowest BCUT2D eigenvalue weighted by molar-refractivity contribution is -0.00667. The first kappa shape index (κ1) is 12.6. The van der Waals surface area contributed by atoms with E-state index in [0.29, 0.717) is 0 Å². The van der Waals surface area contributed by atoms with Gasteiger partial charge in [-0.1, -0.05) is 6.42 Å². The Morgan fingerprint density at radius 3 is 2.89 bits per heavy atom. The molecule has 0 aliphatic carbocycles. The third kappa shape index (κ3) is 2.60. The van der Waals surface area contributed by atoms with Gasteiger partial charge in [0.25, 0.3) is 0 Å². The summed E-state index contributed by atoms with van der Waals surface area (Å²) in [6.45, 7) is 9.31. The van der Waals surface area contributed by atoms with E-state index in [2.05, 4.69) is 34.0 Å². The Balaban J connectivity index is 1.48. The molecule has 0 bridgehead atoms. The second-order valence-electron chi connectivity index (χ2n) is 5.79. The van der Waals surface area contributed by atoms with Gasteiger partial charge in [0.2, 0.25) is 0 Å². The zero-order valence-corrected chi connectivity index (χ0v) is 12.2. The number of aryl methyl sites for hydroxylation is 1. The number of nitrogens with zero attached hydrogens (tertiary/aromatic N) is 3. The highest BCUT2D eigenvalue weighted by molar-refractivity contribution is 7.09. The Bertz CT molecular complexity index is 397. The van der Waals surface area contributed by atoms with Crippen molar-refractivity contribution in [3.63, 3.8) is 0 Å². The smallest absolute Gasteiger partial charge is 0.0897 e. The van der Waals surface area contributed by atoms with Gasteiger partial charge in [-0.2, -0.15) is 0 Å². The molecule has 1 aromatic heterocycles. The summed E-state index contributed by atoms with van der Waals surface area (Å²) < 4.78 is 0. The molecule has 1 atom stereocenters. The van der Waals surface area contributed by atoms with Crippen LogP contribution in [0.5, 0.6) is 0 Å². The van der Waals surface area contributed by atoms with Crippen LogP contribution in [0, 0.1) is 6.92 Å². The van der Waals surface area contributed by atoms with E-state index in [4.69, 9.17) is 0 Å². The number of hydrogen-bond donors (Lipinski definition) is 0.